The zero-order valence-corrected chi connectivity index (χ0v) is 26.7. The van der Waals surface area contributed by atoms with E-state index in [1.165, 1.54) is 27.5 Å². The largest absolute Gasteiger partial charge is 0.504 e. The van der Waals surface area contributed by atoms with Gasteiger partial charge in [0, 0.05) is 5.56 Å². The molecule has 1 aliphatic carbocycles. The Morgan fingerprint density at radius 2 is 1.00 bits per heavy atom. The number of phenolic OH excluding ortho intramolecular Hbond substituents is 4. The third kappa shape index (κ3) is 4.44. The number of phenols is 4. The van der Waals surface area contributed by atoms with Crippen molar-refractivity contribution in [3.63, 3.8) is 0 Å². The standard InChI is InChI=1S/C44H34O4/c1-25-13-12-22-34(36(25)35-24-29-17-7-6-16-28(29)23-26(35)2)38-30-18-8-10-20-32(30)39(33-21-11-9-19-31(33)38)40-43(47)41(45)37(42(46)44(40)48)27-14-4-3-5-15-27/h3-12,14-25,45-48H,13H2,1-2H3. The van der Waals surface area contributed by atoms with Gasteiger partial charge in [-0.1, -0.05) is 128 Å². The topological polar surface area (TPSA) is 80.9 Å². The minimum absolute atomic E-state index is 0.0178. The van der Waals surface area contributed by atoms with E-state index < -0.39 is 23.0 Å². The quantitative estimate of drug-likeness (QED) is 0.0890. The van der Waals surface area contributed by atoms with E-state index in [1.807, 2.05) is 42.5 Å². The van der Waals surface area contributed by atoms with Gasteiger partial charge in [0.15, 0.2) is 23.0 Å². The fourth-order valence-corrected chi connectivity index (χ4v) is 7.64. The fraction of sp³-hybridized carbons (Fsp3) is 0.0909. The van der Waals surface area contributed by atoms with Crippen LogP contribution < -0.4 is 0 Å². The second-order valence-electron chi connectivity index (χ2n) is 12.7. The Morgan fingerprint density at radius 3 is 1.58 bits per heavy atom. The molecular formula is C44H34O4. The van der Waals surface area contributed by atoms with Crippen LogP contribution in [-0.4, -0.2) is 20.4 Å². The number of aryl methyl sites for hydroxylation is 1. The Balaban J connectivity index is 1.48. The minimum atomic E-state index is -0.496. The molecule has 8 rings (SSSR count). The Bertz CT molecular complexity index is 2400. The second kappa shape index (κ2) is 11.4. The summed E-state index contributed by atoms with van der Waals surface area (Å²) in [5.74, 6) is -1.72. The third-order valence-electron chi connectivity index (χ3n) is 9.85. The maximum absolute atomic E-state index is 11.6. The number of fused-ring (bicyclic) bond motifs is 3. The summed E-state index contributed by atoms with van der Waals surface area (Å²) >= 11 is 0. The summed E-state index contributed by atoms with van der Waals surface area (Å²) in [6, 6.07) is 37.7. The number of rotatable bonds is 4. The average Bonchev–Trinajstić information content (AvgIpc) is 3.11. The van der Waals surface area contributed by atoms with Crippen molar-refractivity contribution in [2.75, 3.05) is 0 Å². The molecule has 234 valence electrons. The van der Waals surface area contributed by atoms with Crippen molar-refractivity contribution in [3.8, 4) is 45.3 Å². The van der Waals surface area contributed by atoms with Gasteiger partial charge in [0.2, 0.25) is 0 Å². The van der Waals surface area contributed by atoms with Crippen LogP contribution in [0.3, 0.4) is 0 Å². The molecule has 0 aromatic heterocycles. The lowest BCUT2D eigenvalue weighted by atomic mass is 9.76. The predicted molar refractivity (Wildman–Crippen MR) is 197 cm³/mol. The van der Waals surface area contributed by atoms with E-state index in [2.05, 4.69) is 74.5 Å². The van der Waals surface area contributed by atoms with Crippen molar-refractivity contribution in [1.29, 1.82) is 0 Å². The van der Waals surface area contributed by atoms with E-state index in [0.29, 0.717) is 11.1 Å². The Morgan fingerprint density at radius 1 is 0.521 bits per heavy atom. The monoisotopic (exact) mass is 626 g/mol. The molecule has 0 amide bonds. The van der Waals surface area contributed by atoms with Gasteiger partial charge in [-0.3, -0.25) is 0 Å². The van der Waals surface area contributed by atoms with Crippen LogP contribution in [0.4, 0.5) is 0 Å². The maximum atomic E-state index is 11.6. The van der Waals surface area contributed by atoms with Crippen molar-refractivity contribution in [1.82, 2.24) is 0 Å². The Hall–Kier alpha value is -6.00. The van der Waals surface area contributed by atoms with E-state index >= 15 is 0 Å². The van der Waals surface area contributed by atoms with E-state index in [0.717, 1.165) is 39.1 Å². The van der Waals surface area contributed by atoms with E-state index in [9.17, 15) is 20.4 Å². The van der Waals surface area contributed by atoms with Crippen LogP contribution in [0.15, 0.2) is 127 Å². The molecule has 0 bridgehead atoms. The van der Waals surface area contributed by atoms with Crippen LogP contribution in [0.1, 0.15) is 30.0 Å². The van der Waals surface area contributed by atoms with Gasteiger partial charge < -0.3 is 20.4 Å². The van der Waals surface area contributed by atoms with Crippen LogP contribution in [0, 0.1) is 12.8 Å². The normalized spacial score (nSPS) is 14.8. The molecule has 1 unspecified atom stereocenters. The molecule has 0 saturated heterocycles. The molecule has 48 heavy (non-hydrogen) atoms. The van der Waals surface area contributed by atoms with Crippen LogP contribution in [0.5, 0.6) is 23.0 Å². The first kappa shape index (κ1) is 29.4. The smallest absolute Gasteiger partial charge is 0.170 e. The van der Waals surface area contributed by atoms with Crippen molar-refractivity contribution in [2.24, 2.45) is 5.92 Å². The first-order valence-corrected chi connectivity index (χ1v) is 16.2. The lowest BCUT2D eigenvalue weighted by molar-refractivity contribution is 0.378. The molecule has 0 saturated carbocycles. The van der Waals surface area contributed by atoms with Crippen LogP contribution in [0.25, 0.3) is 65.7 Å². The van der Waals surface area contributed by atoms with Crippen LogP contribution in [-0.2, 0) is 0 Å². The molecule has 0 heterocycles. The molecule has 4 heteroatoms. The van der Waals surface area contributed by atoms with Gasteiger partial charge in [0.05, 0.1) is 11.1 Å². The van der Waals surface area contributed by atoms with Crippen molar-refractivity contribution >= 4 is 43.5 Å². The van der Waals surface area contributed by atoms with Crippen LogP contribution >= 0.6 is 0 Å². The molecule has 1 aliphatic rings. The summed E-state index contributed by atoms with van der Waals surface area (Å²) in [6.07, 6.45) is 5.40. The van der Waals surface area contributed by atoms with Gasteiger partial charge in [-0.15, -0.1) is 0 Å². The lowest BCUT2D eigenvalue weighted by Gasteiger charge is -2.27. The summed E-state index contributed by atoms with van der Waals surface area (Å²) in [5, 5.41) is 51.8. The van der Waals surface area contributed by atoms with Gasteiger partial charge in [-0.25, -0.2) is 0 Å². The highest BCUT2D eigenvalue weighted by atomic mass is 16.3. The van der Waals surface area contributed by atoms with E-state index in [1.54, 1.807) is 24.3 Å². The molecule has 0 aliphatic heterocycles. The zero-order valence-electron chi connectivity index (χ0n) is 26.7. The van der Waals surface area contributed by atoms with Gasteiger partial charge in [-0.05, 0) is 91.0 Å². The summed E-state index contributed by atoms with van der Waals surface area (Å²) < 4.78 is 0. The van der Waals surface area contributed by atoms with Gasteiger partial charge in [0.25, 0.3) is 0 Å². The summed E-state index contributed by atoms with van der Waals surface area (Å²) in [6.45, 7) is 4.46. The molecule has 4 N–H and O–H groups in total. The van der Waals surface area contributed by atoms with Crippen LogP contribution in [0.2, 0.25) is 0 Å². The summed E-state index contributed by atoms with van der Waals surface area (Å²) in [4.78, 5) is 0. The first-order valence-electron chi connectivity index (χ1n) is 16.2. The van der Waals surface area contributed by atoms with Crippen molar-refractivity contribution in [3.05, 3.63) is 144 Å². The van der Waals surface area contributed by atoms with Crippen molar-refractivity contribution in [2.45, 2.75) is 20.3 Å². The summed E-state index contributed by atoms with van der Waals surface area (Å²) in [7, 11) is 0. The molecule has 0 radical (unpaired) electrons. The fourth-order valence-electron chi connectivity index (χ4n) is 7.64. The highest BCUT2D eigenvalue weighted by Crippen LogP contribution is 2.58. The molecule has 7 aromatic rings. The summed E-state index contributed by atoms with van der Waals surface area (Å²) in [5.41, 5.74) is 6.85. The zero-order chi connectivity index (χ0) is 33.1. The van der Waals surface area contributed by atoms with Gasteiger partial charge in [-0.2, -0.15) is 0 Å². The molecular weight excluding hydrogens is 592 g/mol. The molecule has 4 nitrogen and oxygen atoms in total. The molecule has 0 fully saturated rings. The minimum Gasteiger partial charge on any atom is -0.504 e. The number of aromatic hydroxyl groups is 4. The second-order valence-corrected chi connectivity index (χ2v) is 12.7. The molecule has 7 aromatic carbocycles. The number of hydrogen-bond acceptors (Lipinski definition) is 4. The predicted octanol–water partition coefficient (Wildman–Crippen LogP) is 11.1. The highest BCUT2D eigenvalue weighted by Gasteiger charge is 2.30. The number of benzene rings is 7. The number of allylic oxidation sites excluding steroid dienone is 4. The van der Waals surface area contributed by atoms with Gasteiger partial charge >= 0.3 is 0 Å². The SMILES string of the molecule is Cc1cc2ccccc2cc1C1=C(c2c3ccccc3c(-c3c(O)c(O)c(-c4ccccc4)c(O)c3O)c3ccccc23)C=CCC1C. The lowest BCUT2D eigenvalue weighted by Crippen LogP contribution is -2.07. The first-order chi connectivity index (χ1) is 23.3. The highest BCUT2D eigenvalue weighted by molar-refractivity contribution is 6.23. The number of hydrogen-bond donors (Lipinski definition) is 4. The van der Waals surface area contributed by atoms with Gasteiger partial charge in [0.1, 0.15) is 0 Å². The molecule has 0 spiro atoms. The molecule has 1 atom stereocenters. The Kier molecular flexibility index (Phi) is 6.96. The van der Waals surface area contributed by atoms with E-state index in [-0.39, 0.29) is 17.0 Å². The average molecular weight is 627 g/mol. The maximum Gasteiger partial charge on any atom is 0.170 e. The van der Waals surface area contributed by atoms with E-state index in [4.69, 9.17) is 0 Å². The van der Waals surface area contributed by atoms with Crippen molar-refractivity contribution < 1.29 is 20.4 Å². The third-order valence-corrected chi connectivity index (χ3v) is 9.85. The Labute approximate surface area is 278 Å².